The van der Waals surface area contributed by atoms with Gasteiger partial charge in [-0.2, -0.15) is 5.10 Å². The number of furan rings is 1. The SMILES string of the molecule is CC(=O)Cn1nc(-c2ccco2)cc1C(=O)O. The minimum Gasteiger partial charge on any atom is -0.477 e. The molecule has 2 aromatic rings. The maximum atomic E-state index is 11.0. The highest BCUT2D eigenvalue weighted by Gasteiger charge is 2.17. The third kappa shape index (κ3) is 2.25. The van der Waals surface area contributed by atoms with Crippen molar-refractivity contribution in [2.24, 2.45) is 0 Å². The first kappa shape index (κ1) is 11.1. The lowest BCUT2D eigenvalue weighted by molar-refractivity contribution is -0.117. The zero-order chi connectivity index (χ0) is 12.4. The third-order valence-electron chi connectivity index (χ3n) is 2.15. The molecule has 0 amide bonds. The molecule has 0 aromatic carbocycles. The Morgan fingerprint density at radius 1 is 1.53 bits per heavy atom. The number of carboxylic acid groups (broad SMARTS) is 1. The molecule has 0 spiro atoms. The van der Waals surface area contributed by atoms with E-state index in [4.69, 9.17) is 9.52 Å². The molecule has 2 aromatic heterocycles. The Hall–Kier alpha value is -2.37. The molecule has 2 heterocycles. The molecule has 0 aliphatic heterocycles. The van der Waals surface area contributed by atoms with E-state index >= 15 is 0 Å². The normalized spacial score (nSPS) is 10.4. The van der Waals surface area contributed by atoms with Crippen LogP contribution in [0, 0.1) is 0 Å². The van der Waals surface area contributed by atoms with Crippen molar-refractivity contribution < 1.29 is 19.1 Å². The van der Waals surface area contributed by atoms with Crippen LogP contribution in [0.25, 0.3) is 11.5 Å². The van der Waals surface area contributed by atoms with Crippen LogP contribution in [0.2, 0.25) is 0 Å². The van der Waals surface area contributed by atoms with Crippen molar-refractivity contribution in [3.8, 4) is 11.5 Å². The van der Waals surface area contributed by atoms with E-state index in [0.717, 1.165) is 4.68 Å². The van der Waals surface area contributed by atoms with E-state index in [0.29, 0.717) is 11.5 Å². The monoisotopic (exact) mass is 234 g/mol. The van der Waals surface area contributed by atoms with Gasteiger partial charge in [-0.25, -0.2) is 9.48 Å². The van der Waals surface area contributed by atoms with Crippen LogP contribution >= 0.6 is 0 Å². The summed E-state index contributed by atoms with van der Waals surface area (Å²) in [6, 6.07) is 4.73. The number of aromatic carboxylic acids is 1. The molecule has 0 unspecified atom stereocenters. The topological polar surface area (TPSA) is 85.3 Å². The predicted octanol–water partition coefficient (Wildman–Crippen LogP) is 1.43. The maximum absolute atomic E-state index is 11.0. The number of nitrogens with zero attached hydrogens (tertiary/aromatic N) is 2. The van der Waals surface area contributed by atoms with Gasteiger partial charge in [0.15, 0.2) is 11.5 Å². The Morgan fingerprint density at radius 3 is 2.82 bits per heavy atom. The van der Waals surface area contributed by atoms with Gasteiger partial charge in [-0.1, -0.05) is 0 Å². The maximum Gasteiger partial charge on any atom is 0.354 e. The summed E-state index contributed by atoms with van der Waals surface area (Å²) in [5.41, 5.74) is 0.361. The highest BCUT2D eigenvalue weighted by atomic mass is 16.4. The fourth-order valence-electron chi connectivity index (χ4n) is 1.47. The highest BCUT2D eigenvalue weighted by molar-refractivity contribution is 5.88. The van der Waals surface area contributed by atoms with Gasteiger partial charge in [0.05, 0.1) is 6.26 Å². The summed E-state index contributed by atoms with van der Waals surface area (Å²) >= 11 is 0. The Balaban J connectivity index is 2.44. The molecule has 0 fully saturated rings. The quantitative estimate of drug-likeness (QED) is 0.864. The number of carbonyl (C=O) groups is 2. The number of aromatic nitrogens is 2. The third-order valence-corrected chi connectivity index (χ3v) is 2.15. The minimum absolute atomic E-state index is 0.0356. The Bertz CT molecular complexity index is 554. The van der Waals surface area contributed by atoms with Gasteiger partial charge in [-0.05, 0) is 19.1 Å². The van der Waals surface area contributed by atoms with Crippen molar-refractivity contribution in [3.05, 3.63) is 30.2 Å². The van der Waals surface area contributed by atoms with E-state index in [1.165, 1.54) is 19.3 Å². The lowest BCUT2D eigenvalue weighted by Gasteiger charge is -1.99. The number of ketones is 1. The van der Waals surface area contributed by atoms with Crippen LogP contribution in [0.1, 0.15) is 17.4 Å². The minimum atomic E-state index is -1.13. The molecule has 2 rings (SSSR count). The second-order valence-corrected chi connectivity index (χ2v) is 3.56. The number of hydrogen-bond acceptors (Lipinski definition) is 4. The van der Waals surface area contributed by atoms with E-state index in [-0.39, 0.29) is 18.0 Å². The summed E-state index contributed by atoms with van der Waals surface area (Å²) < 4.78 is 6.27. The number of carboxylic acids is 1. The van der Waals surface area contributed by atoms with Crippen LogP contribution < -0.4 is 0 Å². The fourth-order valence-corrected chi connectivity index (χ4v) is 1.47. The number of carbonyl (C=O) groups excluding carboxylic acids is 1. The second kappa shape index (κ2) is 4.25. The van der Waals surface area contributed by atoms with E-state index < -0.39 is 5.97 Å². The summed E-state index contributed by atoms with van der Waals surface area (Å²) in [4.78, 5) is 22.0. The average molecular weight is 234 g/mol. The van der Waals surface area contributed by atoms with Gasteiger partial charge >= 0.3 is 5.97 Å². The van der Waals surface area contributed by atoms with E-state index in [2.05, 4.69) is 5.10 Å². The predicted molar refractivity (Wildman–Crippen MR) is 57.6 cm³/mol. The smallest absolute Gasteiger partial charge is 0.354 e. The van der Waals surface area contributed by atoms with Crippen LogP contribution in [-0.4, -0.2) is 26.6 Å². The van der Waals surface area contributed by atoms with E-state index in [1.54, 1.807) is 12.1 Å². The van der Waals surface area contributed by atoms with Crippen LogP contribution in [0.5, 0.6) is 0 Å². The first-order valence-electron chi connectivity index (χ1n) is 4.92. The van der Waals surface area contributed by atoms with E-state index in [1.807, 2.05) is 0 Å². The van der Waals surface area contributed by atoms with E-state index in [9.17, 15) is 9.59 Å². The Morgan fingerprint density at radius 2 is 2.29 bits per heavy atom. The molecule has 0 bridgehead atoms. The molecular weight excluding hydrogens is 224 g/mol. The Labute approximate surface area is 96.5 Å². The molecule has 0 aliphatic rings. The molecule has 88 valence electrons. The molecule has 0 saturated carbocycles. The van der Waals surface area contributed by atoms with Crippen molar-refractivity contribution in [1.29, 1.82) is 0 Å². The first-order valence-corrected chi connectivity index (χ1v) is 4.92. The molecule has 0 atom stereocenters. The van der Waals surface area contributed by atoms with Crippen LogP contribution in [-0.2, 0) is 11.3 Å². The number of Topliss-reactive ketones (excluding diaryl/α,β-unsaturated/α-hetero) is 1. The number of hydrogen-bond donors (Lipinski definition) is 1. The summed E-state index contributed by atoms with van der Waals surface area (Å²) in [6.45, 7) is 1.31. The molecule has 1 N–H and O–H groups in total. The van der Waals surface area contributed by atoms with Crippen LogP contribution in [0.15, 0.2) is 28.9 Å². The summed E-state index contributed by atoms with van der Waals surface area (Å²) in [7, 11) is 0. The number of rotatable bonds is 4. The summed E-state index contributed by atoms with van der Waals surface area (Å²) in [5.74, 6) is -0.826. The molecule has 17 heavy (non-hydrogen) atoms. The molecule has 0 radical (unpaired) electrons. The summed E-state index contributed by atoms with van der Waals surface area (Å²) in [6.07, 6.45) is 1.47. The lowest BCUT2D eigenvalue weighted by Crippen LogP contribution is -2.14. The van der Waals surface area contributed by atoms with Gasteiger partial charge in [-0.3, -0.25) is 4.79 Å². The zero-order valence-corrected chi connectivity index (χ0v) is 9.08. The van der Waals surface area contributed by atoms with Crippen LogP contribution in [0.3, 0.4) is 0 Å². The molecular formula is C11H10N2O4. The molecule has 0 aliphatic carbocycles. The van der Waals surface area contributed by atoms with Crippen molar-refractivity contribution in [2.75, 3.05) is 0 Å². The first-order chi connectivity index (χ1) is 8.08. The molecule has 6 heteroatoms. The van der Waals surface area contributed by atoms with Crippen molar-refractivity contribution in [3.63, 3.8) is 0 Å². The van der Waals surface area contributed by atoms with Crippen molar-refractivity contribution in [2.45, 2.75) is 13.5 Å². The molecule has 6 nitrogen and oxygen atoms in total. The van der Waals surface area contributed by atoms with Gasteiger partial charge < -0.3 is 9.52 Å². The second-order valence-electron chi connectivity index (χ2n) is 3.56. The van der Waals surface area contributed by atoms with Crippen molar-refractivity contribution in [1.82, 2.24) is 9.78 Å². The molecule has 0 saturated heterocycles. The average Bonchev–Trinajstić information content (AvgIpc) is 2.82. The fraction of sp³-hybridized carbons (Fsp3) is 0.182. The Kier molecular flexibility index (Phi) is 2.78. The lowest BCUT2D eigenvalue weighted by atomic mass is 10.3. The standard InChI is InChI=1S/C11H10N2O4/c1-7(14)6-13-9(11(15)16)5-8(12-13)10-3-2-4-17-10/h2-5H,6H2,1H3,(H,15,16). The van der Waals surface area contributed by atoms with Crippen molar-refractivity contribution >= 4 is 11.8 Å². The summed E-state index contributed by atoms with van der Waals surface area (Å²) in [5, 5.41) is 13.0. The van der Waals surface area contributed by atoms with Gasteiger partial charge in [0.2, 0.25) is 0 Å². The zero-order valence-electron chi connectivity index (χ0n) is 9.08. The highest BCUT2D eigenvalue weighted by Crippen LogP contribution is 2.19. The van der Waals surface area contributed by atoms with Gasteiger partial charge in [0.25, 0.3) is 0 Å². The van der Waals surface area contributed by atoms with Gasteiger partial charge in [0.1, 0.15) is 17.9 Å². The van der Waals surface area contributed by atoms with Gasteiger partial charge in [-0.15, -0.1) is 0 Å². The van der Waals surface area contributed by atoms with Gasteiger partial charge in [0, 0.05) is 6.07 Å². The van der Waals surface area contributed by atoms with Crippen LogP contribution in [0.4, 0.5) is 0 Å². The largest absolute Gasteiger partial charge is 0.477 e.